The third-order valence-electron chi connectivity index (χ3n) is 4.04. The fraction of sp³-hybridized carbons (Fsp3) is 0.643. The van der Waals surface area contributed by atoms with Gasteiger partial charge in [-0.25, -0.2) is 0 Å². The summed E-state index contributed by atoms with van der Waals surface area (Å²) in [6.07, 6.45) is 7.69. The standard InChI is InChI=1S/C14H21N3O2/c1-2-11-3-6-14(19,7-4-11)10-15-13(18)12-5-8-16-17-9-12/h5,8-9,11,19H,2-4,6-7,10H2,1H3,(H,15,18). The van der Waals surface area contributed by atoms with Crippen molar-refractivity contribution < 1.29 is 9.90 Å². The van der Waals surface area contributed by atoms with Crippen LogP contribution in [0.2, 0.25) is 0 Å². The second-order valence-corrected chi connectivity index (χ2v) is 5.39. The van der Waals surface area contributed by atoms with Crippen LogP contribution in [0.1, 0.15) is 49.4 Å². The van der Waals surface area contributed by atoms with Crippen molar-refractivity contribution in [3.8, 4) is 0 Å². The van der Waals surface area contributed by atoms with Gasteiger partial charge in [0.1, 0.15) is 0 Å². The lowest BCUT2D eigenvalue weighted by atomic mass is 9.78. The van der Waals surface area contributed by atoms with Crippen LogP contribution in [-0.4, -0.2) is 33.4 Å². The minimum Gasteiger partial charge on any atom is -0.388 e. The maximum atomic E-state index is 11.9. The van der Waals surface area contributed by atoms with Gasteiger partial charge in [0.25, 0.3) is 5.91 Å². The number of carbonyl (C=O) groups is 1. The van der Waals surface area contributed by atoms with Crippen molar-refractivity contribution in [2.75, 3.05) is 6.54 Å². The van der Waals surface area contributed by atoms with Gasteiger partial charge in [0.15, 0.2) is 0 Å². The summed E-state index contributed by atoms with van der Waals surface area (Å²) >= 11 is 0. The molecule has 1 aliphatic carbocycles. The van der Waals surface area contributed by atoms with E-state index < -0.39 is 5.60 Å². The summed E-state index contributed by atoms with van der Waals surface area (Å²) in [5, 5.41) is 20.5. The molecule has 104 valence electrons. The monoisotopic (exact) mass is 263 g/mol. The van der Waals surface area contributed by atoms with Crippen molar-refractivity contribution in [3.63, 3.8) is 0 Å². The SMILES string of the molecule is CCC1CCC(O)(CNC(=O)c2ccnnc2)CC1. The number of aliphatic hydroxyl groups is 1. The molecule has 1 aromatic rings. The van der Waals surface area contributed by atoms with Crippen LogP contribution < -0.4 is 5.32 Å². The van der Waals surface area contributed by atoms with E-state index in [1.807, 2.05) is 0 Å². The zero-order chi connectivity index (χ0) is 13.7. The second kappa shape index (κ2) is 6.10. The Morgan fingerprint density at radius 2 is 2.21 bits per heavy atom. The fourth-order valence-corrected chi connectivity index (χ4v) is 2.57. The molecule has 0 atom stereocenters. The van der Waals surface area contributed by atoms with Gasteiger partial charge in [-0.3, -0.25) is 4.79 Å². The molecule has 1 fully saturated rings. The van der Waals surface area contributed by atoms with Gasteiger partial charge in [-0.15, -0.1) is 0 Å². The van der Waals surface area contributed by atoms with Crippen LogP contribution in [0.5, 0.6) is 0 Å². The highest BCUT2D eigenvalue weighted by Crippen LogP contribution is 2.33. The molecule has 2 rings (SSSR count). The molecule has 5 heteroatoms. The van der Waals surface area contributed by atoms with E-state index >= 15 is 0 Å². The third-order valence-corrected chi connectivity index (χ3v) is 4.04. The predicted molar refractivity (Wildman–Crippen MR) is 71.6 cm³/mol. The summed E-state index contributed by atoms with van der Waals surface area (Å²) < 4.78 is 0. The van der Waals surface area contributed by atoms with E-state index in [0.717, 1.165) is 31.6 Å². The van der Waals surface area contributed by atoms with Gasteiger partial charge in [-0.2, -0.15) is 10.2 Å². The first-order valence-corrected chi connectivity index (χ1v) is 6.90. The average molecular weight is 263 g/mol. The number of nitrogens with zero attached hydrogens (tertiary/aromatic N) is 2. The molecule has 2 N–H and O–H groups in total. The van der Waals surface area contributed by atoms with Gasteiger partial charge >= 0.3 is 0 Å². The largest absolute Gasteiger partial charge is 0.388 e. The van der Waals surface area contributed by atoms with E-state index in [4.69, 9.17) is 0 Å². The van der Waals surface area contributed by atoms with Crippen LogP contribution in [0.25, 0.3) is 0 Å². The zero-order valence-electron chi connectivity index (χ0n) is 11.3. The number of aromatic nitrogens is 2. The Labute approximate surface area is 113 Å². The average Bonchev–Trinajstić information content (AvgIpc) is 2.47. The van der Waals surface area contributed by atoms with Gasteiger partial charge in [0.05, 0.1) is 23.6 Å². The smallest absolute Gasteiger partial charge is 0.253 e. The van der Waals surface area contributed by atoms with E-state index in [-0.39, 0.29) is 5.91 Å². The van der Waals surface area contributed by atoms with Crippen LogP contribution in [0, 0.1) is 5.92 Å². The van der Waals surface area contributed by atoms with Crippen molar-refractivity contribution in [1.82, 2.24) is 15.5 Å². The molecule has 0 unspecified atom stereocenters. The van der Waals surface area contributed by atoms with Crippen LogP contribution in [-0.2, 0) is 0 Å². The summed E-state index contributed by atoms with van der Waals surface area (Å²) in [6.45, 7) is 2.50. The molecule has 0 bridgehead atoms. The van der Waals surface area contributed by atoms with Crippen molar-refractivity contribution >= 4 is 5.91 Å². The topological polar surface area (TPSA) is 75.1 Å². The highest BCUT2D eigenvalue weighted by atomic mass is 16.3. The molecule has 19 heavy (non-hydrogen) atoms. The molecular weight excluding hydrogens is 242 g/mol. The zero-order valence-corrected chi connectivity index (χ0v) is 11.3. The molecule has 0 spiro atoms. The number of nitrogens with one attached hydrogen (secondary N) is 1. The van der Waals surface area contributed by atoms with E-state index in [2.05, 4.69) is 22.4 Å². The molecule has 1 aliphatic rings. The quantitative estimate of drug-likeness (QED) is 0.864. The maximum absolute atomic E-state index is 11.9. The Morgan fingerprint density at radius 3 is 2.79 bits per heavy atom. The molecule has 1 heterocycles. The predicted octanol–water partition coefficient (Wildman–Crippen LogP) is 1.54. The Morgan fingerprint density at radius 1 is 1.47 bits per heavy atom. The van der Waals surface area contributed by atoms with E-state index in [0.29, 0.717) is 12.1 Å². The van der Waals surface area contributed by atoms with E-state index in [1.54, 1.807) is 6.07 Å². The molecule has 1 saturated carbocycles. The first-order chi connectivity index (χ1) is 9.13. The summed E-state index contributed by atoms with van der Waals surface area (Å²) in [4.78, 5) is 11.9. The van der Waals surface area contributed by atoms with Gasteiger partial charge < -0.3 is 10.4 Å². The molecule has 5 nitrogen and oxygen atoms in total. The third kappa shape index (κ3) is 3.73. The fourth-order valence-electron chi connectivity index (χ4n) is 2.57. The minimum absolute atomic E-state index is 0.207. The number of carbonyl (C=O) groups excluding carboxylic acids is 1. The summed E-state index contributed by atoms with van der Waals surface area (Å²) in [5.74, 6) is 0.515. The Kier molecular flexibility index (Phi) is 4.47. The van der Waals surface area contributed by atoms with Gasteiger partial charge in [-0.1, -0.05) is 13.3 Å². The molecule has 0 saturated heterocycles. The molecule has 1 aromatic heterocycles. The van der Waals surface area contributed by atoms with Crippen molar-refractivity contribution in [2.45, 2.75) is 44.6 Å². The Balaban J connectivity index is 1.84. The Bertz CT molecular complexity index is 414. The first-order valence-electron chi connectivity index (χ1n) is 6.90. The Hall–Kier alpha value is -1.49. The summed E-state index contributed by atoms with van der Waals surface area (Å²) in [7, 11) is 0. The normalized spacial score (nSPS) is 26.9. The van der Waals surface area contributed by atoms with Crippen molar-refractivity contribution in [3.05, 3.63) is 24.0 Å². The van der Waals surface area contributed by atoms with Crippen LogP contribution in [0.3, 0.4) is 0 Å². The molecular formula is C14H21N3O2. The van der Waals surface area contributed by atoms with Gasteiger partial charge in [-0.05, 0) is 37.7 Å². The minimum atomic E-state index is -0.748. The molecule has 0 aromatic carbocycles. The van der Waals surface area contributed by atoms with Gasteiger partial charge in [0, 0.05) is 6.54 Å². The van der Waals surface area contributed by atoms with Crippen LogP contribution in [0.4, 0.5) is 0 Å². The lowest BCUT2D eigenvalue weighted by molar-refractivity contribution is -0.00787. The van der Waals surface area contributed by atoms with Crippen LogP contribution in [0.15, 0.2) is 18.5 Å². The lowest BCUT2D eigenvalue weighted by Crippen LogP contribution is -2.45. The highest BCUT2D eigenvalue weighted by molar-refractivity contribution is 5.93. The summed E-state index contributed by atoms with van der Waals surface area (Å²) in [5.41, 5.74) is -0.275. The maximum Gasteiger partial charge on any atom is 0.253 e. The molecule has 1 amide bonds. The number of amides is 1. The lowest BCUT2D eigenvalue weighted by Gasteiger charge is -2.35. The summed E-state index contributed by atoms with van der Waals surface area (Å²) in [6, 6.07) is 1.61. The van der Waals surface area contributed by atoms with E-state index in [9.17, 15) is 9.90 Å². The second-order valence-electron chi connectivity index (χ2n) is 5.39. The van der Waals surface area contributed by atoms with Crippen molar-refractivity contribution in [2.24, 2.45) is 5.92 Å². The van der Waals surface area contributed by atoms with Crippen molar-refractivity contribution in [1.29, 1.82) is 0 Å². The number of hydrogen-bond donors (Lipinski definition) is 2. The first kappa shape index (κ1) is 13.9. The van der Waals surface area contributed by atoms with Crippen LogP contribution >= 0.6 is 0 Å². The van der Waals surface area contributed by atoms with Gasteiger partial charge in [0.2, 0.25) is 0 Å². The molecule has 0 radical (unpaired) electrons. The number of rotatable bonds is 4. The molecule has 0 aliphatic heterocycles. The number of hydrogen-bond acceptors (Lipinski definition) is 4. The van der Waals surface area contributed by atoms with E-state index in [1.165, 1.54) is 18.8 Å². The highest BCUT2D eigenvalue weighted by Gasteiger charge is 2.32.